The molecule has 0 fully saturated rings. The Morgan fingerprint density at radius 3 is 2.33 bits per heavy atom. The van der Waals surface area contributed by atoms with Crippen molar-refractivity contribution in [1.82, 2.24) is 13.7 Å². The van der Waals surface area contributed by atoms with Gasteiger partial charge in [0.15, 0.2) is 0 Å². The van der Waals surface area contributed by atoms with Crippen molar-refractivity contribution in [1.29, 1.82) is 0 Å². The third kappa shape index (κ3) is 3.79. The first-order valence-electron chi connectivity index (χ1n) is 8.93. The Morgan fingerprint density at radius 2 is 1.73 bits per heavy atom. The van der Waals surface area contributed by atoms with E-state index in [0.717, 1.165) is 4.31 Å². The van der Waals surface area contributed by atoms with E-state index in [9.17, 15) is 18.0 Å². The maximum absolute atomic E-state index is 13.0. The van der Waals surface area contributed by atoms with E-state index in [1.165, 1.54) is 37.0 Å². The van der Waals surface area contributed by atoms with Crippen LogP contribution >= 0.6 is 11.6 Å². The minimum atomic E-state index is -3.84. The Bertz CT molecular complexity index is 1280. The number of anilines is 1. The van der Waals surface area contributed by atoms with Crippen LogP contribution in [0, 0.1) is 6.92 Å². The molecule has 1 aromatic heterocycles. The van der Waals surface area contributed by atoms with Gasteiger partial charge in [-0.05, 0) is 37.3 Å². The van der Waals surface area contributed by atoms with Crippen molar-refractivity contribution < 1.29 is 13.2 Å². The van der Waals surface area contributed by atoms with E-state index < -0.39 is 21.5 Å². The van der Waals surface area contributed by atoms with Gasteiger partial charge < -0.3 is 5.32 Å². The van der Waals surface area contributed by atoms with Crippen molar-refractivity contribution in [2.24, 2.45) is 7.05 Å². The summed E-state index contributed by atoms with van der Waals surface area (Å²) in [5.74, 6) is -0.618. The van der Waals surface area contributed by atoms with E-state index in [1.54, 1.807) is 30.8 Å². The van der Waals surface area contributed by atoms with Gasteiger partial charge in [0.2, 0.25) is 10.0 Å². The first-order valence-corrected chi connectivity index (χ1v) is 10.7. The zero-order valence-electron chi connectivity index (χ0n) is 16.9. The predicted octanol–water partition coefficient (Wildman–Crippen LogP) is 2.64. The van der Waals surface area contributed by atoms with Crippen molar-refractivity contribution in [3.63, 3.8) is 0 Å². The first kappa shape index (κ1) is 21.8. The number of carbonyl (C=O) groups excluding carboxylic acids is 1. The second-order valence-corrected chi connectivity index (χ2v) is 9.35. The summed E-state index contributed by atoms with van der Waals surface area (Å²) in [6.07, 6.45) is 0. The van der Waals surface area contributed by atoms with E-state index in [0.29, 0.717) is 11.4 Å². The van der Waals surface area contributed by atoms with Gasteiger partial charge in [-0.3, -0.25) is 14.3 Å². The highest BCUT2D eigenvalue weighted by molar-refractivity contribution is 7.89. The highest BCUT2D eigenvalue weighted by atomic mass is 35.5. The predicted molar refractivity (Wildman–Crippen MR) is 116 cm³/mol. The van der Waals surface area contributed by atoms with E-state index in [2.05, 4.69) is 5.32 Å². The third-order valence-corrected chi connectivity index (χ3v) is 7.04. The maximum Gasteiger partial charge on any atom is 0.295 e. The topological polar surface area (TPSA) is 93.4 Å². The molecule has 0 saturated carbocycles. The standard InChI is InChI=1S/C20H21ClN4O4S/c1-13-18(20(27)25(24(13)4)15-8-6-5-7-9-15)22-19(26)14-10-11-16(21)17(12-14)30(28,29)23(2)3/h5-12H,1-4H3,(H,22,26). The summed E-state index contributed by atoms with van der Waals surface area (Å²) in [5, 5.41) is 2.61. The van der Waals surface area contributed by atoms with Crippen molar-refractivity contribution >= 4 is 33.2 Å². The fourth-order valence-electron chi connectivity index (χ4n) is 2.94. The van der Waals surface area contributed by atoms with Crippen LogP contribution in [0.2, 0.25) is 5.02 Å². The van der Waals surface area contributed by atoms with Crippen LogP contribution in [0.15, 0.2) is 58.2 Å². The Balaban J connectivity index is 2.01. The van der Waals surface area contributed by atoms with Gasteiger partial charge in [-0.1, -0.05) is 29.8 Å². The van der Waals surface area contributed by atoms with E-state index >= 15 is 0 Å². The molecule has 1 heterocycles. The summed E-state index contributed by atoms with van der Waals surface area (Å²) in [4.78, 5) is 25.6. The summed E-state index contributed by atoms with van der Waals surface area (Å²) in [6.45, 7) is 1.71. The largest absolute Gasteiger partial charge is 0.316 e. The second kappa shape index (κ2) is 8.10. The van der Waals surface area contributed by atoms with Crippen LogP contribution in [0.5, 0.6) is 0 Å². The lowest BCUT2D eigenvalue weighted by Gasteiger charge is -2.13. The number of nitrogens with zero attached hydrogens (tertiary/aromatic N) is 3. The fraction of sp³-hybridized carbons (Fsp3) is 0.200. The number of amides is 1. The summed E-state index contributed by atoms with van der Waals surface area (Å²) >= 11 is 6.04. The highest BCUT2D eigenvalue weighted by Crippen LogP contribution is 2.25. The van der Waals surface area contributed by atoms with Gasteiger partial charge in [0.1, 0.15) is 10.6 Å². The lowest BCUT2D eigenvalue weighted by atomic mass is 10.2. The van der Waals surface area contributed by atoms with Gasteiger partial charge in [0, 0.05) is 26.7 Å². The molecule has 158 valence electrons. The Hall–Kier alpha value is -2.88. The van der Waals surface area contributed by atoms with Crippen LogP contribution in [0.25, 0.3) is 5.69 Å². The summed E-state index contributed by atoms with van der Waals surface area (Å²) in [7, 11) is 0.617. The smallest absolute Gasteiger partial charge is 0.295 e. The second-order valence-electron chi connectivity index (χ2n) is 6.82. The molecule has 0 unspecified atom stereocenters. The van der Waals surface area contributed by atoms with Crippen LogP contribution in [0.4, 0.5) is 5.69 Å². The minimum Gasteiger partial charge on any atom is -0.316 e. The average Bonchev–Trinajstić information content (AvgIpc) is 2.91. The average molecular weight is 449 g/mol. The molecular formula is C20H21ClN4O4S. The van der Waals surface area contributed by atoms with Gasteiger partial charge in [0.05, 0.1) is 16.4 Å². The minimum absolute atomic E-state index is 0.00238. The molecule has 0 spiro atoms. The van der Waals surface area contributed by atoms with Crippen LogP contribution in [-0.4, -0.2) is 42.1 Å². The molecule has 10 heteroatoms. The number of rotatable bonds is 5. The first-order chi connectivity index (χ1) is 14.1. The number of sulfonamides is 1. The maximum atomic E-state index is 13.0. The lowest BCUT2D eigenvalue weighted by Crippen LogP contribution is -2.24. The highest BCUT2D eigenvalue weighted by Gasteiger charge is 2.24. The van der Waals surface area contributed by atoms with Crippen LogP contribution < -0.4 is 10.9 Å². The summed E-state index contributed by atoms with van der Waals surface area (Å²) in [5.41, 5.74) is 0.975. The number of hydrogen-bond donors (Lipinski definition) is 1. The Labute approximate surface area is 179 Å². The molecule has 0 atom stereocenters. The van der Waals surface area contributed by atoms with Crippen molar-refractivity contribution in [3.8, 4) is 5.69 Å². The lowest BCUT2D eigenvalue weighted by molar-refractivity contribution is 0.102. The van der Waals surface area contributed by atoms with Gasteiger partial charge in [-0.15, -0.1) is 0 Å². The normalized spacial score (nSPS) is 11.7. The zero-order chi connectivity index (χ0) is 22.2. The monoisotopic (exact) mass is 448 g/mol. The molecule has 0 aliphatic heterocycles. The number of carbonyl (C=O) groups is 1. The van der Waals surface area contributed by atoms with E-state index in [-0.39, 0.29) is 21.2 Å². The molecule has 30 heavy (non-hydrogen) atoms. The molecular weight excluding hydrogens is 428 g/mol. The molecule has 0 aliphatic rings. The van der Waals surface area contributed by atoms with Gasteiger partial charge in [-0.25, -0.2) is 17.4 Å². The molecule has 3 rings (SSSR count). The van der Waals surface area contributed by atoms with Crippen molar-refractivity contribution in [2.75, 3.05) is 19.4 Å². The molecule has 1 N–H and O–H groups in total. The molecule has 0 bridgehead atoms. The fourth-order valence-corrected chi connectivity index (χ4v) is 4.33. The molecule has 0 aliphatic carbocycles. The van der Waals surface area contributed by atoms with E-state index in [1.807, 2.05) is 18.2 Å². The summed E-state index contributed by atoms with van der Waals surface area (Å²) in [6, 6.07) is 13.0. The Kier molecular flexibility index (Phi) is 5.89. The van der Waals surface area contributed by atoms with Gasteiger partial charge in [0.25, 0.3) is 11.5 Å². The quantitative estimate of drug-likeness (QED) is 0.649. The third-order valence-electron chi connectivity index (χ3n) is 4.74. The molecule has 1 amide bonds. The Morgan fingerprint density at radius 1 is 1.10 bits per heavy atom. The van der Waals surface area contributed by atoms with E-state index in [4.69, 9.17) is 11.6 Å². The van der Waals surface area contributed by atoms with Crippen LogP contribution in [0.1, 0.15) is 16.1 Å². The zero-order valence-corrected chi connectivity index (χ0v) is 18.5. The van der Waals surface area contributed by atoms with Crippen molar-refractivity contribution in [2.45, 2.75) is 11.8 Å². The van der Waals surface area contributed by atoms with Crippen LogP contribution in [0.3, 0.4) is 0 Å². The number of para-hydroxylation sites is 1. The van der Waals surface area contributed by atoms with Crippen molar-refractivity contribution in [3.05, 3.63) is 75.2 Å². The number of hydrogen-bond acceptors (Lipinski definition) is 4. The number of halogens is 1. The van der Waals surface area contributed by atoms with Crippen LogP contribution in [-0.2, 0) is 17.1 Å². The number of nitrogens with one attached hydrogen (secondary N) is 1. The number of aromatic nitrogens is 2. The number of benzene rings is 2. The van der Waals surface area contributed by atoms with Gasteiger partial charge >= 0.3 is 0 Å². The molecule has 2 aromatic carbocycles. The molecule has 0 radical (unpaired) electrons. The SMILES string of the molecule is Cc1c(NC(=O)c2ccc(Cl)c(S(=O)(=O)N(C)C)c2)c(=O)n(-c2ccccc2)n1C. The molecule has 3 aromatic rings. The molecule has 8 nitrogen and oxygen atoms in total. The molecule has 0 saturated heterocycles. The summed E-state index contributed by atoms with van der Waals surface area (Å²) < 4.78 is 29.0. The van der Waals surface area contributed by atoms with Gasteiger partial charge in [-0.2, -0.15) is 0 Å².